The van der Waals surface area contributed by atoms with Gasteiger partial charge in [-0.05, 0) is 70.3 Å². The molecule has 2 saturated heterocycles. The summed E-state index contributed by atoms with van der Waals surface area (Å²) in [5, 5.41) is 30.2. The lowest BCUT2D eigenvalue weighted by Gasteiger charge is -2.46. The van der Waals surface area contributed by atoms with Crippen molar-refractivity contribution >= 4 is 35.3 Å². The Hall–Kier alpha value is -7.38. The van der Waals surface area contributed by atoms with Crippen molar-refractivity contribution in [2.24, 2.45) is 11.7 Å². The van der Waals surface area contributed by atoms with E-state index in [9.17, 15) is 34.7 Å². The summed E-state index contributed by atoms with van der Waals surface area (Å²) >= 11 is 0. The van der Waals surface area contributed by atoms with Crippen molar-refractivity contribution in [3.8, 4) is 17.6 Å². The van der Waals surface area contributed by atoms with Gasteiger partial charge in [-0.3, -0.25) is 29.4 Å². The number of nitro groups is 1. The second-order valence-corrected chi connectivity index (χ2v) is 14.9. The molecule has 4 N–H and O–H groups in total. The molecule has 2 fully saturated rings. The van der Waals surface area contributed by atoms with Gasteiger partial charge in [-0.25, -0.2) is 9.69 Å². The molecule has 314 valence electrons. The Balaban J connectivity index is 1.37. The van der Waals surface area contributed by atoms with E-state index in [4.69, 9.17) is 19.9 Å². The lowest BCUT2D eigenvalue weighted by molar-refractivity contribution is -0.384. The number of imide groups is 1. The van der Waals surface area contributed by atoms with Crippen molar-refractivity contribution in [3.05, 3.63) is 171 Å². The summed E-state index contributed by atoms with van der Waals surface area (Å²) in [7, 11) is 0. The normalized spacial score (nSPS) is 22.5. The molecule has 5 aromatic carbocycles. The van der Waals surface area contributed by atoms with Crippen LogP contribution in [0.15, 0.2) is 127 Å². The summed E-state index contributed by atoms with van der Waals surface area (Å²) in [5.41, 5.74) is 6.93. The number of nitro benzene ring substituents is 1. The summed E-state index contributed by atoms with van der Waals surface area (Å²) in [6.07, 6.45) is -1.93. The summed E-state index contributed by atoms with van der Waals surface area (Å²) in [5.74, 6) is 1.91. The van der Waals surface area contributed by atoms with E-state index in [1.54, 1.807) is 36.4 Å². The van der Waals surface area contributed by atoms with Crippen molar-refractivity contribution < 1.29 is 48.5 Å². The fourth-order valence-corrected chi connectivity index (χ4v) is 9.05. The monoisotopic (exact) mass is 836 g/mol. The Morgan fingerprint density at radius 1 is 0.839 bits per heavy atom. The number of non-ortho nitro benzene ring substituents is 1. The molecule has 0 aliphatic carbocycles. The van der Waals surface area contributed by atoms with Crippen molar-refractivity contribution in [2.75, 3.05) is 24.7 Å². The van der Waals surface area contributed by atoms with Crippen LogP contribution in [0.4, 0.5) is 16.2 Å². The first-order valence-electron chi connectivity index (χ1n) is 19.8. The zero-order valence-corrected chi connectivity index (χ0v) is 33.0. The van der Waals surface area contributed by atoms with E-state index >= 15 is 4.79 Å². The number of hydrogen-bond acceptors (Lipinski definition) is 12. The lowest BCUT2D eigenvalue weighted by atomic mass is 9.65. The van der Waals surface area contributed by atoms with Crippen LogP contribution in [0.1, 0.15) is 58.0 Å². The Labute approximate surface area is 355 Å². The van der Waals surface area contributed by atoms with Gasteiger partial charge in [-0.15, -0.1) is 0 Å². The zero-order valence-electron chi connectivity index (χ0n) is 33.0. The van der Waals surface area contributed by atoms with Crippen LogP contribution in [0, 0.1) is 27.9 Å². The summed E-state index contributed by atoms with van der Waals surface area (Å²) in [6.45, 7) is -0.813. The lowest BCUT2D eigenvalue weighted by Crippen LogP contribution is -2.55. The van der Waals surface area contributed by atoms with E-state index in [2.05, 4.69) is 11.8 Å². The number of carbonyl (C=O) groups excluding carboxylic acids is 4. The Kier molecular flexibility index (Phi) is 11.5. The molecule has 3 amide bonds. The van der Waals surface area contributed by atoms with Gasteiger partial charge in [0.2, 0.25) is 11.8 Å². The second-order valence-electron chi connectivity index (χ2n) is 14.9. The van der Waals surface area contributed by atoms with Crippen LogP contribution in [0.3, 0.4) is 0 Å². The number of cyclic esters (lactones) is 1. The predicted octanol–water partition coefficient (Wildman–Crippen LogP) is 5.19. The third-order valence-corrected chi connectivity index (χ3v) is 11.5. The molecule has 0 saturated carbocycles. The van der Waals surface area contributed by atoms with E-state index in [0.717, 1.165) is 4.90 Å². The number of amides is 3. The zero-order chi connectivity index (χ0) is 43.5. The molecule has 5 aromatic rings. The average Bonchev–Trinajstić information content (AvgIpc) is 3.75. The van der Waals surface area contributed by atoms with Crippen molar-refractivity contribution in [1.29, 1.82) is 0 Å². The molecule has 6 atom stereocenters. The number of morpholine rings is 1. The van der Waals surface area contributed by atoms with Crippen LogP contribution in [0.25, 0.3) is 0 Å². The fourth-order valence-electron chi connectivity index (χ4n) is 9.05. The van der Waals surface area contributed by atoms with Crippen molar-refractivity contribution in [2.45, 2.75) is 42.7 Å². The number of rotatable bonds is 11. The number of ether oxygens (including phenoxy) is 3. The summed E-state index contributed by atoms with van der Waals surface area (Å²) in [4.78, 5) is 72.9. The number of aliphatic hydroxyl groups excluding tert-OH is 2. The molecule has 0 bridgehead atoms. The highest BCUT2D eigenvalue weighted by atomic mass is 16.6. The number of fused-ring (bicyclic) bond motifs is 3. The molecular weight excluding hydrogens is 797 g/mol. The Morgan fingerprint density at radius 3 is 2.15 bits per heavy atom. The minimum atomic E-state index is -2.11. The van der Waals surface area contributed by atoms with Crippen LogP contribution in [-0.4, -0.2) is 69.8 Å². The number of aliphatic hydroxyl groups is 2. The molecular formula is C47H40N4O11. The number of primary amides is 1. The third-order valence-electron chi connectivity index (χ3n) is 11.5. The standard InChI is InChI=1S/C47H40N4O11/c48-43(54)38-40-44(55)62-41(32-12-5-2-6-13-32)39(31-10-3-1-4-11-31)50(40)42(33-17-21-35(22-18-33)60-26-25-53)47(38)36-27-29(9-7-8-24-52)16-23-37(36)49(45(47)56)46(57)61-28-30-14-19-34(20-15-30)51(58)59/h1-6,10-23,27,38-42,52-53H,8,24-26,28H2,(H2,48,54). The number of hydrogen-bond donors (Lipinski definition) is 3. The second kappa shape index (κ2) is 17.3. The van der Waals surface area contributed by atoms with Crippen molar-refractivity contribution in [3.63, 3.8) is 0 Å². The van der Waals surface area contributed by atoms with E-state index in [0.29, 0.717) is 33.6 Å². The first kappa shape index (κ1) is 41.4. The van der Waals surface area contributed by atoms with E-state index < -0.39 is 64.4 Å². The minimum Gasteiger partial charge on any atom is -0.491 e. The van der Waals surface area contributed by atoms with Gasteiger partial charge in [-0.2, -0.15) is 0 Å². The third kappa shape index (κ3) is 7.19. The average molecular weight is 837 g/mol. The van der Waals surface area contributed by atoms with E-state index in [1.807, 2.05) is 65.6 Å². The predicted molar refractivity (Wildman–Crippen MR) is 222 cm³/mol. The SMILES string of the molecule is NC(=O)C1C2C(=O)OC(c3ccccc3)C(c3ccccc3)N2C(c2ccc(OCCO)cc2)C12C(=O)N(C(=O)OCc1ccc([N+](=O)[O-])cc1)c1ccc(C#CCCO)cc12. The molecule has 15 heteroatoms. The molecule has 0 aromatic heterocycles. The Morgan fingerprint density at radius 2 is 1.52 bits per heavy atom. The molecule has 15 nitrogen and oxygen atoms in total. The maximum Gasteiger partial charge on any atom is 0.421 e. The highest BCUT2D eigenvalue weighted by molar-refractivity contribution is 6.23. The maximum absolute atomic E-state index is 15.9. The van der Waals surface area contributed by atoms with E-state index in [-0.39, 0.29) is 49.8 Å². The highest BCUT2D eigenvalue weighted by Gasteiger charge is 2.75. The Bertz CT molecular complexity index is 2580. The van der Waals surface area contributed by atoms with Gasteiger partial charge in [0.15, 0.2) is 0 Å². The number of nitrogens with two attached hydrogens (primary N) is 1. The number of esters is 1. The quantitative estimate of drug-likeness (QED) is 0.0680. The molecule has 62 heavy (non-hydrogen) atoms. The molecule has 3 heterocycles. The maximum atomic E-state index is 15.9. The van der Waals surface area contributed by atoms with Gasteiger partial charge < -0.3 is 30.2 Å². The largest absolute Gasteiger partial charge is 0.491 e. The summed E-state index contributed by atoms with van der Waals surface area (Å²) < 4.78 is 17.8. The fraction of sp³-hybridized carbons (Fsp3) is 0.234. The minimum absolute atomic E-state index is 0.00817. The number of benzene rings is 5. The number of nitrogens with zero attached hydrogens (tertiary/aromatic N) is 3. The van der Waals surface area contributed by atoms with Gasteiger partial charge in [0.25, 0.3) is 5.69 Å². The first-order chi connectivity index (χ1) is 30.1. The highest BCUT2D eigenvalue weighted by Crippen LogP contribution is 2.65. The number of anilines is 1. The van der Waals surface area contributed by atoms with Gasteiger partial charge in [0, 0.05) is 24.1 Å². The van der Waals surface area contributed by atoms with Gasteiger partial charge in [-0.1, -0.05) is 84.6 Å². The number of carbonyl (C=O) groups is 4. The van der Waals surface area contributed by atoms with Gasteiger partial charge >= 0.3 is 12.1 Å². The molecule has 1 spiro atoms. The van der Waals surface area contributed by atoms with Crippen LogP contribution in [0.2, 0.25) is 0 Å². The molecule has 6 unspecified atom stereocenters. The molecule has 3 aliphatic rings. The van der Waals surface area contributed by atoms with Crippen LogP contribution >= 0.6 is 0 Å². The van der Waals surface area contributed by atoms with Gasteiger partial charge in [0.1, 0.15) is 36.5 Å². The van der Waals surface area contributed by atoms with Crippen LogP contribution < -0.4 is 15.4 Å². The molecule has 3 aliphatic heterocycles. The molecule has 0 radical (unpaired) electrons. The molecule has 8 rings (SSSR count). The van der Waals surface area contributed by atoms with Crippen LogP contribution in [0.5, 0.6) is 5.75 Å². The topological polar surface area (TPSA) is 212 Å². The van der Waals surface area contributed by atoms with Crippen LogP contribution in [-0.2, 0) is 35.9 Å². The van der Waals surface area contributed by atoms with Crippen molar-refractivity contribution in [1.82, 2.24) is 4.90 Å². The first-order valence-corrected chi connectivity index (χ1v) is 19.8. The summed E-state index contributed by atoms with van der Waals surface area (Å²) in [6, 6.07) is 31.6. The van der Waals surface area contributed by atoms with Gasteiger partial charge in [0.05, 0.1) is 41.8 Å². The van der Waals surface area contributed by atoms with E-state index in [1.165, 1.54) is 30.3 Å². The smallest absolute Gasteiger partial charge is 0.421 e.